The molecule has 2 aromatic heterocycles. The number of hydrogen-bond donors (Lipinski definition) is 1. The first-order valence-corrected chi connectivity index (χ1v) is 6.43. The van der Waals surface area contributed by atoms with E-state index in [1.165, 1.54) is 0 Å². The lowest BCUT2D eigenvalue weighted by atomic mass is 10.2. The van der Waals surface area contributed by atoms with Crippen LogP contribution in [0.15, 0.2) is 30.6 Å². The third-order valence-corrected chi connectivity index (χ3v) is 3.81. The number of aromatic nitrogens is 2. The SMILES string of the molecule is NC(=O)c1cc(-c2cccnc2)n2c1CSC2. The van der Waals surface area contributed by atoms with E-state index in [0.29, 0.717) is 5.56 Å². The molecule has 0 aromatic carbocycles. The van der Waals surface area contributed by atoms with Gasteiger partial charge in [-0.2, -0.15) is 0 Å². The lowest BCUT2D eigenvalue weighted by molar-refractivity contribution is 0.0999. The second kappa shape index (κ2) is 3.92. The van der Waals surface area contributed by atoms with Crippen LogP contribution in [0.3, 0.4) is 0 Å². The summed E-state index contributed by atoms with van der Waals surface area (Å²) in [5, 5.41) is 0. The molecular weight excluding hydrogens is 234 g/mol. The van der Waals surface area contributed by atoms with Crippen LogP contribution in [0, 0.1) is 0 Å². The quantitative estimate of drug-likeness (QED) is 0.878. The number of nitrogens with two attached hydrogens (primary N) is 1. The second-order valence-electron chi connectivity index (χ2n) is 3.90. The molecule has 4 nitrogen and oxygen atoms in total. The Bertz CT molecular complexity index is 577. The zero-order chi connectivity index (χ0) is 11.8. The molecule has 86 valence electrons. The van der Waals surface area contributed by atoms with Crippen molar-refractivity contribution < 1.29 is 4.79 Å². The minimum absolute atomic E-state index is 0.355. The summed E-state index contributed by atoms with van der Waals surface area (Å²) in [6.45, 7) is 0. The van der Waals surface area contributed by atoms with Crippen LogP contribution in [0.5, 0.6) is 0 Å². The summed E-state index contributed by atoms with van der Waals surface area (Å²) in [6.07, 6.45) is 3.54. The lowest BCUT2D eigenvalue weighted by Gasteiger charge is -2.04. The fourth-order valence-corrected chi connectivity index (χ4v) is 3.17. The van der Waals surface area contributed by atoms with E-state index in [1.807, 2.05) is 18.2 Å². The third kappa shape index (κ3) is 1.63. The summed E-state index contributed by atoms with van der Waals surface area (Å²) in [5.41, 5.74) is 9.10. The molecule has 3 heterocycles. The molecule has 2 aromatic rings. The summed E-state index contributed by atoms with van der Waals surface area (Å²) in [7, 11) is 0. The van der Waals surface area contributed by atoms with Gasteiger partial charge in [0, 0.05) is 29.4 Å². The van der Waals surface area contributed by atoms with Crippen molar-refractivity contribution in [3.05, 3.63) is 41.9 Å². The average molecular weight is 245 g/mol. The topological polar surface area (TPSA) is 60.9 Å². The van der Waals surface area contributed by atoms with Gasteiger partial charge in [-0.15, -0.1) is 11.8 Å². The molecule has 0 saturated carbocycles. The molecule has 3 rings (SSSR count). The highest BCUT2D eigenvalue weighted by molar-refractivity contribution is 7.97. The predicted molar refractivity (Wildman–Crippen MR) is 67.5 cm³/mol. The molecule has 1 amide bonds. The standard InChI is InChI=1S/C12H11N3OS/c13-12(16)9-4-10(8-2-1-3-14-5-8)15-7-17-6-11(9)15/h1-5H,6-7H2,(H2,13,16). The molecule has 0 radical (unpaired) electrons. The highest BCUT2D eigenvalue weighted by Gasteiger charge is 2.23. The number of pyridine rings is 1. The molecule has 17 heavy (non-hydrogen) atoms. The smallest absolute Gasteiger partial charge is 0.250 e. The first-order chi connectivity index (χ1) is 8.27. The Morgan fingerprint density at radius 3 is 3.12 bits per heavy atom. The van der Waals surface area contributed by atoms with Crippen LogP contribution in [-0.4, -0.2) is 15.5 Å². The molecule has 0 bridgehead atoms. The Hall–Kier alpha value is -1.75. The number of amides is 1. The Morgan fingerprint density at radius 2 is 2.41 bits per heavy atom. The van der Waals surface area contributed by atoms with Crippen LogP contribution in [0.1, 0.15) is 16.1 Å². The summed E-state index contributed by atoms with van der Waals surface area (Å²) >= 11 is 1.78. The molecule has 0 saturated heterocycles. The summed E-state index contributed by atoms with van der Waals surface area (Å²) in [4.78, 5) is 15.5. The van der Waals surface area contributed by atoms with Crippen molar-refractivity contribution in [1.29, 1.82) is 0 Å². The van der Waals surface area contributed by atoms with Gasteiger partial charge in [-0.05, 0) is 18.2 Å². The summed E-state index contributed by atoms with van der Waals surface area (Å²) in [6, 6.07) is 5.75. The van der Waals surface area contributed by atoms with Gasteiger partial charge < -0.3 is 10.3 Å². The molecule has 1 aliphatic heterocycles. The molecule has 2 N–H and O–H groups in total. The van der Waals surface area contributed by atoms with Crippen LogP contribution < -0.4 is 5.73 Å². The maximum absolute atomic E-state index is 11.4. The van der Waals surface area contributed by atoms with Crippen LogP contribution in [0.4, 0.5) is 0 Å². The van der Waals surface area contributed by atoms with Gasteiger partial charge in [-0.25, -0.2) is 0 Å². The maximum Gasteiger partial charge on any atom is 0.250 e. The lowest BCUT2D eigenvalue weighted by Crippen LogP contribution is -2.12. The minimum atomic E-state index is -0.355. The van der Waals surface area contributed by atoms with Crippen LogP contribution in [0.25, 0.3) is 11.3 Å². The Balaban J connectivity index is 2.19. The van der Waals surface area contributed by atoms with Gasteiger partial charge in [0.05, 0.1) is 17.1 Å². The molecule has 0 aliphatic carbocycles. The minimum Gasteiger partial charge on any atom is -0.366 e. The van der Waals surface area contributed by atoms with E-state index >= 15 is 0 Å². The van der Waals surface area contributed by atoms with Crippen molar-refractivity contribution >= 4 is 17.7 Å². The number of hydrogen-bond acceptors (Lipinski definition) is 3. The molecule has 0 unspecified atom stereocenters. The molecule has 0 atom stereocenters. The van der Waals surface area contributed by atoms with Gasteiger partial charge >= 0.3 is 0 Å². The van der Waals surface area contributed by atoms with E-state index in [-0.39, 0.29) is 5.91 Å². The number of fused-ring (bicyclic) bond motifs is 1. The van der Waals surface area contributed by atoms with E-state index in [0.717, 1.165) is 28.6 Å². The first-order valence-electron chi connectivity index (χ1n) is 5.27. The van der Waals surface area contributed by atoms with Crippen molar-refractivity contribution in [3.8, 4) is 11.3 Å². The molecule has 0 spiro atoms. The van der Waals surface area contributed by atoms with Crippen molar-refractivity contribution in [2.45, 2.75) is 11.6 Å². The van der Waals surface area contributed by atoms with Gasteiger partial charge in [0.15, 0.2) is 0 Å². The highest BCUT2D eigenvalue weighted by atomic mass is 32.2. The van der Waals surface area contributed by atoms with Gasteiger partial charge in [0.2, 0.25) is 0 Å². The Labute approximate surface area is 103 Å². The van der Waals surface area contributed by atoms with E-state index in [1.54, 1.807) is 24.2 Å². The van der Waals surface area contributed by atoms with Crippen LogP contribution in [-0.2, 0) is 11.6 Å². The van der Waals surface area contributed by atoms with E-state index in [9.17, 15) is 4.79 Å². The zero-order valence-corrected chi connectivity index (χ0v) is 9.91. The highest BCUT2D eigenvalue weighted by Crippen LogP contribution is 2.34. The fraction of sp³-hybridized carbons (Fsp3) is 0.167. The third-order valence-electron chi connectivity index (χ3n) is 2.89. The summed E-state index contributed by atoms with van der Waals surface area (Å²) < 4.78 is 2.14. The number of thioether (sulfide) groups is 1. The monoisotopic (exact) mass is 245 g/mol. The van der Waals surface area contributed by atoms with E-state index < -0.39 is 0 Å². The van der Waals surface area contributed by atoms with Crippen molar-refractivity contribution in [3.63, 3.8) is 0 Å². The van der Waals surface area contributed by atoms with Gasteiger partial charge in [0.1, 0.15) is 0 Å². The maximum atomic E-state index is 11.4. The molecule has 1 aliphatic rings. The van der Waals surface area contributed by atoms with Crippen molar-refractivity contribution in [2.75, 3.05) is 0 Å². The second-order valence-corrected chi connectivity index (χ2v) is 4.86. The van der Waals surface area contributed by atoms with Crippen molar-refractivity contribution in [1.82, 2.24) is 9.55 Å². The van der Waals surface area contributed by atoms with Crippen LogP contribution in [0.2, 0.25) is 0 Å². The summed E-state index contributed by atoms with van der Waals surface area (Å²) in [5.74, 6) is 1.36. The molecule has 5 heteroatoms. The molecular formula is C12H11N3OS. The van der Waals surface area contributed by atoms with E-state index in [2.05, 4.69) is 9.55 Å². The Kier molecular flexibility index (Phi) is 2.40. The number of primary amides is 1. The molecule has 0 fully saturated rings. The fourth-order valence-electron chi connectivity index (χ4n) is 2.09. The number of carbonyl (C=O) groups excluding carboxylic acids is 1. The largest absolute Gasteiger partial charge is 0.366 e. The van der Waals surface area contributed by atoms with E-state index in [4.69, 9.17) is 5.73 Å². The number of carbonyl (C=O) groups is 1. The normalized spacial score (nSPS) is 13.6. The zero-order valence-electron chi connectivity index (χ0n) is 9.09. The van der Waals surface area contributed by atoms with Crippen molar-refractivity contribution in [2.24, 2.45) is 5.73 Å². The van der Waals surface area contributed by atoms with Gasteiger partial charge in [-0.1, -0.05) is 0 Å². The Morgan fingerprint density at radius 1 is 1.53 bits per heavy atom. The average Bonchev–Trinajstić information content (AvgIpc) is 2.90. The predicted octanol–water partition coefficient (Wildman–Crippen LogP) is 1.85. The number of nitrogens with zero attached hydrogens (tertiary/aromatic N) is 2. The van der Waals surface area contributed by atoms with Gasteiger partial charge in [-0.3, -0.25) is 9.78 Å². The van der Waals surface area contributed by atoms with Gasteiger partial charge in [0.25, 0.3) is 5.91 Å². The number of rotatable bonds is 2. The van der Waals surface area contributed by atoms with Crippen LogP contribution >= 0.6 is 11.8 Å². The first kappa shape index (κ1) is 10.4.